The van der Waals surface area contributed by atoms with Crippen LogP contribution in [0.2, 0.25) is 0 Å². The zero-order valence-corrected chi connectivity index (χ0v) is 12.0. The van der Waals surface area contributed by atoms with E-state index in [1.54, 1.807) is 11.8 Å². The number of para-hydroxylation sites is 1. The number of hydrogen-bond acceptors (Lipinski definition) is 5. The van der Waals surface area contributed by atoms with E-state index in [2.05, 4.69) is 0 Å². The molecule has 1 aromatic carbocycles. The van der Waals surface area contributed by atoms with Gasteiger partial charge in [0.25, 0.3) is 5.91 Å². The van der Waals surface area contributed by atoms with Crippen LogP contribution in [0.5, 0.6) is 5.75 Å². The molecule has 0 unspecified atom stereocenters. The summed E-state index contributed by atoms with van der Waals surface area (Å²) in [7, 11) is 0. The topological polar surface area (TPSA) is 76.1 Å². The minimum atomic E-state index is -1.04. The largest absolute Gasteiger partial charge is 0.479 e. The van der Waals surface area contributed by atoms with Crippen molar-refractivity contribution in [2.24, 2.45) is 0 Å². The van der Waals surface area contributed by atoms with Crippen molar-refractivity contribution in [1.82, 2.24) is 4.90 Å². The minimum absolute atomic E-state index is 0.0698. The van der Waals surface area contributed by atoms with Crippen molar-refractivity contribution >= 4 is 23.6 Å². The summed E-state index contributed by atoms with van der Waals surface area (Å²) in [6, 6.07) is 7.58. The van der Waals surface area contributed by atoms with Crippen molar-refractivity contribution in [3.05, 3.63) is 24.3 Å². The van der Waals surface area contributed by atoms with Crippen LogP contribution in [0.3, 0.4) is 0 Å². The van der Waals surface area contributed by atoms with Crippen LogP contribution in [0.25, 0.3) is 0 Å². The van der Waals surface area contributed by atoms with Crippen LogP contribution in [-0.2, 0) is 14.3 Å². The van der Waals surface area contributed by atoms with Gasteiger partial charge in [0.05, 0.1) is 13.2 Å². The fraction of sp³-hybridized carbons (Fsp3) is 0.429. The molecule has 0 saturated carbocycles. The van der Waals surface area contributed by atoms with Gasteiger partial charge in [0, 0.05) is 17.2 Å². The maximum atomic E-state index is 12.5. The minimum Gasteiger partial charge on any atom is -0.479 e. The van der Waals surface area contributed by atoms with Gasteiger partial charge in [-0.05, 0) is 12.1 Å². The van der Waals surface area contributed by atoms with Crippen molar-refractivity contribution in [2.75, 3.05) is 25.4 Å². The number of carboxylic acid groups (broad SMARTS) is 1. The lowest BCUT2D eigenvalue weighted by molar-refractivity contribution is -0.161. The highest BCUT2D eigenvalue weighted by Gasteiger charge is 2.35. The molecule has 0 spiro atoms. The molecule has 2 atom stereocenters. The van der Waals surface area contributed by atoms with Gasteiger partial charge < -0.3 is 19.5 Å². The van der Waals surface area contributed by atoms with Gasteiger partial charge in [-0.3, -0.25) is 4.79 Å². The number of carbonyl (C=O) groups is 2. The van der Waals surface area contributed by atoms with E-state index in [0.29, 0.717) is 18.0 Å². The highest BCUT2D eigenvalue weighted by atomic mass is 32.2. The maximum Gasteiger partial charge on any atom is 0.334 e. The molecule has 2 aliphatic rings. The first-order valence-electron chi connectivity index (χ1n) is 6.67. The average molecular weight is 309 g/mol. The Morgan fingerprint density at radius 1 is 1.29 bits per heavy atom. The van der Waals surface area contributed by atoms with E-state index in [0.717, 1.165) is 4.90 Å². The molecule has 0 aromatic heterocycles. The molecule has 0 radical (unpaired) electrons. The van der Waals surface area contributed by atoms with Crippen LogP contribution >= 0.6 is 11.8 Å². The number of aliphatic carboxylic acids is 1. The number of carboxylic acids is 1. The smallest absolute Gasteiger partial charge is 0.334 e. The standard InChI is InChI=1S/C14H15NO5S/c16-13(15-5-6-19-10(7-15)14(17)18)11-8-21-12-4-2-1-3-9(12)20-11/h1-4,10-11H,5-8H2,(H,17,18)/t10-,11+/m0/s1. The molecular formula is C14H15NO5S. The third-order valence-corrected chi connectivity index (χ3v) is 4.56. The highest BCUT2D eigenvalue weighted by molar-refractivity contribution is 7.99. The fourth-order valence-corrected chi connectivity index (χ4v) is 3.32. The Morgan fingerprint density at radius 3 is 2.90 bits per heavy atom. The van der Waals surface area contributed by atoms with Crippen LogP contribution < -0.4 is 4.74 Å². The highest BCUT2D eigenvalue weighted by Crippen LogP contribution is 2.35. The van der Waals surface area contributed by atoms with E-state index in [1.165, 1.54) is 4.90 Å². The zero-order valence-electron chi connectivity index (χ0n) is 11.2. The molecule has 1 aromatic rings. The van der Waals surface area contributed by atoms with Crippen molar-refractivity contribution in [3.8, 4) is 5.75 Å². The summed E-state index contributed by atoms with van der Waals surface area (Å²) < 4.78 is 10.9. The average Bonchev–Trinajstić information content (AvgIpc) is 2.53. The third kappa shape index (κ3) is 2.98. The summed E-state index contributed by atoms with van der Waals surface area (Å²) in [5.41, 5.74) is 0. The predicted molar refractivity (Wildman–Crippen MR) is 75.5 cm³/mol. The number of ether oxygens (including phenoxy) is 2. The molecule has 2 heterocycles. The van der Waals surface area contributed by atoms with Gasteiger partial charge in [-0.2, -0.15) is 0 Å². The molecular weight excluding hydrogens is 294 g/mol. The van der Waals surface area contributed by atoms with Gasteiger partial charge in [0.1, 0.15) is 5.75 Å². The first-order chi connectivity index (χ1) is 10.1. The van der Waals surface area contributed by atoms with E-state index < -0.39 is 18.2 Å². The van der Waals surface area contributed by atoms with Crippen molar-refractivity contribution in [1.29, 1.82) is 0 Å². The second-order valence-corrected chi connectivity index (χ2v) is 5.91. The second kappa shape index (κ2) is 5.95. The Balaban J connectivity index is 1.67. The van der Waals surface area contributed by atoms with Crippen molar-refractivity contribution < 1.29 is 24.2 Å². The normalized spacial score (nSPS) is 24.9. The fourth-order valence-electron chi connectivity index (χ4n) is 2.34. The molecule has 21 heavy (non-hydrogen) atoms. The van der Waals surface area contributed by atoms with E-state index in [-0.39, 0.29) is 19.1 Å². The van der Waals surface area contributed by atoms with E-state index in [1.807, 2.05) is 24.3 Å². The SMILES string of the molecule is O=C(O)[C@@H]1CN(C(=O)[C@H]2CSc3ccccc3O2)CCO1. The molecule has 7 heteroatoms. The number of nitrogens with zero attached hydrogens (tertiary/aromatic N) is 1. The van der Waals surface area contributed by atoms with Crippen molar-refractivity contribution in [2.45, 2.75) is 17.1 Å². The lowest BCUT2D eigenvalue weighted by Gasteiger charge is -2.34. The van der Waals surface area contributed by atoms with E-state index >= 15 is 0 Å². The van der Waals surface area contributed by atoms with E-state index in [4.69, 9.17) is 14.6 Å². The molecule has 112 valence electrons. The van der Waals surface area contributed by atoms with Gasteiger partial charge in [-0.1, -0.05) is 12.1 Å². The van der Waals surface area contributed by atoms with Crippen LogP contribution in [0.4, 0.5) is 0 Å². The van der Waals surface area contributed by atoms with Crippen LogP contribution in [0.1, 0.15) is 0 Å². The van der Waals surface area contributed by atoms with Crippen LogP contribution in [0, 0.1) is 0 Å². The second-order valence-electron chi connectivity index (χ2n) is 4.85. The Bertz CT molecular complexity index is 564. The molecule has 6 nitrogen and oxygen atoms in total. The maximum absolute atomic E-state index is 12.5. The Kier molecular flexibility index (Phi) is 4.03. The number of benzene rings is 1. The monoisotopic (exact) mass is 309 g/mol. The predicted octanol–water partition coefficient (Wildman–Crippen LogP) is 0.852. The summed E-state index contributed by atoms with van der Waals surface area (Å²) in [5.74, 6) is 0.0174. The van der Waals surface area contributed by atoms with Gasteiger partial charge in [-0.15, -0.1) is 11.8 Å². The number of rotatable bonds is 2. The molecule has 1 saturated heterocycles. The Hall–Kier alpha value is -1.73. The van der Waals surface area contributed by atoms with Crippen LogP contribution in [-0.4, -0.2) is 59.5 Å². The number of thioether (sulfide) groups is 1. The quantitative estimate of drug-likeness (QED) is 0.873. The molecule has 2 aliphatic heterocycles. The van der Waals surface area contributed by atoms with Gasteiger partial charge in [-0.25, -0.2) is 4.79 Å². The Morgan fingerprint density at radius 2 is 2.10 bits per heavy atom. The number of amides is 1. The summed E-state index contributed by atoms with van der Waals surface area (Å²) in [6.07, 6.45) is -1.52. The molecule has 0 aliphatic carbocycles. The van der Waals surface area contributed by atoms with Gasteiger partial charge in [0.15, 0.2) is 12.2 Å². The number of carbonyl (C=O) groups excluding carboxylic acids is 1. The van der Waals surface area contributed by atoms with E-state index in [9.17, 15) is 9.59 Å². The molecule has 1 amide bonds. The van der Waals surface area contributed by atoms with Crippen LogP contribution in [0.15, 0.2) is 29.2 Å². The zero-order chi connectivity index (χ0) is 14.8. The Labute approximate surface area is 126 Å². The number of fused-ring (bicyclic) bond motifs is 1. The number of hydrogen-bond donors (Lipinski definition) is 1. The third-order valence-electron chi connectivity index (χ3n) is 3.44. The lowest BCUT2D eigenvalue weighted by Crippen LogP contribution is -2.53. The summed E-state index contributed by atoms with van der Waals surface area (Å²) in [4.78, 5) is 26.0. The lowest BCUT2D eigenvalue weighted by atomic mass is 10.2. The molecule has 1 fully saturated rings. The van der Waals surface area contributed by atoms with Gasteiger partial charge in [0.2, 0.25) is 0 Å². The first kappa shape index (κ1) is 14.2. The number of morpholine rings is 1. The molecule has 1 N–H and O–H groups in total. The summed E-state index contributed by atoms with van der Waals surface area (Å²) in [5, 5.41) is 8.98. The summed E-state index contributed by atoms with van der Waals surface area (Å²) >= 11 is 1.58. The summed E-state index contributed by atoms with van der Waals surface area (Å²) in [6.45, 7) is 0.703. The molecule has 0 bridgehead atoms. The van der Waals surface area contributed by atoms with Gasteiger partial charge >= 0.3 is 5.97 Å². The molecule has 3 rings (SSSR count). The van der Waals surface area contributed by atoms with Crippen molar-refractivity contribution in [3.63, 3.8) is 0 Å². The first-order valence-corrected chi connectivity index (χ1v) is 7.65.